The van der Waals surface area contributed by atoms with Crippen molar-refractivity contribution in [2.45, 2.75) is 109 Å². The molecule has 3 N–H and O–H groups in total. The van der Waals surface area contributed by atoms with Crippen molar-refractivity contribution in [3.63, 3.8) is 0 Å². The molecule has 290 valence electrons. The second kappa shape index (κ2) is 14.5. The van der Waals surface area contributed by atoms with Gasteiger partial charge >= 0.3 is 11.9 Å². The molecule has 1 amide bonds. The molecule has 1 saturated heterocycles. The first-order valence-electron chi connectivity index (χ1n) is 19.1. The average Bonchev–Trinajstić information content (AvgIpc) is 3.50. The number of allylic oxidation sites excluding steroid dienone is 1. The maximum absolute atomic E-state index is 14.2. The van der Waals surface area contributed by atoms with Crippen molar-refractivity contribution in [3.05, 3.63) is 131 Å². The largest absolute Gasteiger partial charge is 0.456 e. The molecule has 3 aromatic carbocycles. The van der Waals surface area contributed by atoms with E-state index < -0.39 is 82.5 Å². The Hall–Kier alpha value is -4.61. The monoisotopic (exact) mass is 749 g/mol. The van der Waals surface area contributed by atoms with E-state index in [0.717, 1.165) is 6.42 Å². The van der Waals surface area contributed by atoms with Gasteiger partial charge in [0.25, 0.3) is 5.91 Å². The van der Waals surface area contributed by atoms with Gasteiger partial charge in [0.2, 0.25) is 0 Å². The predicted molar refractivity (Wildman–Crippen MR) is 204 cm³/mol. The third-order valence-electron chi connectivity index (χ3n) is 12.5. The van der Waals surface area contributed by atoms with E-state index in [9.17, 15) is 24.6 Å². The molecule has 10 heteroatoms. The zero-order valence-electron chi connectivity index (χ0n) is 32.2. The number of carbonyl (C=O) groups excluding carboxylic acids is 3. The molecule has 3 aromatic rings. The Morgan fingerprint density at radius 2 is 1.44 bits per heavy atom. The van der Waals surface area contributed by atoms with Gasteiger partial charge in [-0.15, -0.1) is 0 Å². The number of aliphatic hydroxyl groups excluding tert-OH is 1. The fraction of sp³-hybridized carbons (Fsp3) is 0.444. The van der Waals surface area contributed by atoms with Gasteiger partial charge in [-0.1, -0.05) is 99.7 Å². The average molecular weight is 750 g/mol. The Morgan fingerprint density at radius 1 is 0.836 bits per heavy atom. The van der Waals surface area contributed by atoms with E-state index in [1.54, 1.807) is 84.9 Å². The summed E-state index contributed by atoms with van der Waals surface area (Å²) in [5.41, 5.74) is -0.994. The summed E-state index contributed by atoms with van der Waals surface area (Å²) in [7, 11) is 0. The summed E-state index contributed by atoms with van der Waals surface area (Å²) >= 11 is 0. The smallest absolute Gasteiger partial charge is 0.338 e. The van der Waals surface area contributed by atoms with Crippen molar-refractivity contribution in [1.82, 2.24) is 5.32 Å². The number of hydrogen-bond acceptors (Lipinski definition) is 9. The zero-order chi connectivity index (χ0) is 39.3. The Kier molecular flexibility index (Phi) is 10.2. The summed E-state index contributed by atoms with van der Waals surface area (Å²) < 4.78 is 26.2. The normalized spacial score (nSPS) is 31.5. The quantitative estimate of drug-likeness (QED) is 0.171. The van der Waals surface area contributed by atoms with Gasteiger partial charge in [-0.3, -0.25) is 4.79 Å². The highest BCUT2D eigenvalue weighted by Gasteiger charge is 2.69. The number of ether oxygens (including phenoxy) is 4. The minimum absolute atomic E-state index is 0.144. The molecule has 4 aliphatic rings. The van der Waals surface area contributed by atoms with Crippen LogP contribution in [-0.2, 0) is 23.7 Å². The lowest BCUT2D eigenvalue weighted by molar-refractivity contribution is -0.213. The summed E-state index contributed by atoms with van der Waals surface area (Å²) in [4.78, 5) is 41.5. The van der Waals surface area contributed by atoms with E-state index in [1.807, 2.05) is 46.8 Å². The molecule has 9 atom stereocenters. The van der Waals surface area contributed by atoms with Gasteiger partial charge in [0.1, 0.15) is 23.9 Å². The first-order chi connectivity index (χ1) is 26.1. The van der Waals surface area contributed by atoms with E-state index in [2.05, 4.69) is 18.3 Å². The molecule has 0 radical (unpaired) electrons. The lowest BCUT2D eigenvalue weighted by atomic mass is 9.49. The highest BCUT2D eigenvalue weighted by Crippen LogP contribution is 2.62. The third kappa shape index (κ3) is 6.84. The molecule has 0 aromatic heterocycles. The van der Waals surface area contributed by atoms with Crippen molar-refractivity contribution in [2.24, 2.45) is 16.7 Å². The molecule has 10 nitrogen and oxygen atoms in total. The topological polar surface area (TPSA) is 141 Å². The van der Waals surface area contributed by atoms with Gasteiger partial charge in [-0.25, -0.2) is 9.59 Å². The predicted octanol–water partition coefficient (Wildman–Crippen LogP) is 6.64. The number of fused-ring (bicyclic) bond motifs is 6. The van der Waals surface area contributed by atoms with Crippen LogP contribution < -0.4 is 5.32 Å². The standard InChI is InChI=1S/C45H51NO9/c1-27-32(52-41(50)35(47)34(28-18-10-7-11-19-28)46-39(48)29-20-12-8-13-21-29)26-45(51)37(53-40(49)30-22-14-9-15-23-30)31-24-16-17-25-44(31,6)38-36(33(27)42(45,2)3)54-43(4,5)55-38/h7-16,18-24,31-32,34-38,47,51H,17,25-26H2,1-6H3,(H,46,48)/t31-,32-,34-,35+,36+,37-,38-,44+,45+/m0/s1. The van der Waals surface area contributed by atoms with Crippen molar-refractivity contribution in [3.8, 4) is 0 Å². The molecule has 1 aliphatic heterocycles. The lowest BCUT2D eigenvalue weighted by Crippen LogP contribution is -2.69. The van der Waals surface area contributed by atoms with Crippen molar-refractivity contribution in [2.75, 3.05) is 0 Å². The Labute approximate surface area is 322 Å². The van der Waals surface area contributed by atoms with Gasteiger partial charge in [-0.2, -0.15) is 0 Å². The maximum Gasteiger partial charge on any atom is 0.338 e. The first-order valence-corrected chi connectivity index (χ1v) is 19.1. The van der Waals surface area contributed by atoms with E-state index in [1.165, 1.54) is 0 Å². The molecule has 3 aliphatic carbocycles. The highest BCUT2D eigenvalue weighted by atomic mass is 16.8. The van der Waals surface area contributed by atoms with Crippen LogP contribution in [0, 0.1) is 16.7 Å². The Balaban J connectivity index is 1.30. The molecule has 2 fully saturated rings. The lowest BCUT2D eigenvalue weighted by Gasteiger charge is -2.60. The summed E-state index contributed by atoms with van der Waals surface area (Å²) in [6, 6.07) is 24.8. The number of carbonyl (C=O) groups is 3. The molecule has 55 heavy (non-hydrogen) atoms. The molecule has 0 unspecified atom stereocenters. The van der Waals surface area contributed by atoms with E-state index >= 15 is 0 Å². The fourth-order valence-electron chi connectivity index (χ4n) is 9.42. The van der Waals surface area contributed by atoms with Crippen molar-refractivity contribution in [1.29, 1.82) is 0 Å². The van der Waals surface area contributed by atoms with Crippen molar-refractivity contribution < 1.29 is 43.5 Å². The van der Waals surface area contributed by atoms with Gasteiger partial charge in [0.15, 0.2) is 11.9 Å². The minimum atomic E-state index is -1.82. The Morgan fingerprint density at radius 3 is 2.07 bits per heavy atom. The van der Waals surface area contributed by atoms with E-state index in [-0.39, 0.29) is 6.42 Å². The number of benzene rings is 3. The second-order valence-corrected chi connectivity index (χ2v) is 16.6. The summed E-state index contributed by atoms with van der Waals surface area (Å²) in [6.07, 6.45) is 0.224. The molecule has 0 spiro atoms. The van der Waals surface area contributed by atoms with Crippen LogP contribution >= 0.6 is 0 Å². The molecule has 2 bridgehead atoms. The number of aliphatic hydroxyl groups is 2. The van der Waals surface area contributed by atoms with Crippen LogP contribution in [0.3, 0.4) is 0 Å². The van der Waals surface area contributed by atoms with E-state index in [0.29, 0.717) is 34.3 Å². The first kappa shape index (κ1) is 38.7. The number of nitrogens with one attached hydrogen (secondary N) is 1. The summed E-state index contributed by atoms with van der Waals surface area (Å²) in [6.45, 7) is 11.5. The van der Waals surface area contributed by atoms with Crippen LogP contribution in [0.1, 0.15) is 93.1 Å². The molecule has 7 rings (SSSR count). The summed E-state index contributed by atoms with van der Waals surface area (Å²) in [5.74, 6) is -3.57. The number of esters is 2. The van der Waals surface area contributed by atoms with Crippen LogP contribution in [0.15, 0.2) is 114 Å². The SMILES string of the molecule is CC1=C2[C@H]3OC(C)(C)O[C@@H]3[C@]3(C)CCC=C[C@H]3[C@H](OC(=O)c3ccccc3)[C@](O)(C[C@@H]1OC(=O)[C@H](O)[C@@H](NC(=O)c1ccccc1)c1ccccc1)C2(C)C. The highest BCUT2D eigenvalue weighted by molar-refractivity contribution is 5.95. The third-order valence-corrected chi connectivity index (χ3v) is 12.5. The number of hydrogen-bond donors (Lipinski definition) is 3. The molecular formula is C45H51NO9. The maximum atomic E-state index is 14.2. The van der Waals surface area contributed by atoms with Crippen LogP contribution in [0.2, 0.25) is 0 Å². The number of rotatable bonds is 8. The van der Waals surface area contributed by atoms with Crippen molar-refractivity contribution >= 4 is 17.8 Å². The van der Waals surface area contributed by atoms with Gasteiger partial charge in [-0.05, 0) is 74.6 Å². The molecule has 1 heterocycles. The van der Waals surface area contributed by atoms with Gasteiger partial charge < -0.3 is 34.5 Å². The van der Waals surface area contributed by atoms with E-state index in [4.69, 9.17) is 18.9 Å². The molecular weight excluding hydrogens is 698 g/mol. The zero-order valence-corrected chi connectivity index (χ0v) is 32.2. The van der Waals surface area contributed by atoms with Gasteiger partial charge in [0, 0.05) is 28.7 Å². The molecule has 1 saturated carbocycles. The fourth-order valence-corrected chi connectivity index (χ4v) is 9.42. The minimum Gasteiger partial charge on any atom is -0.456 e. The Bertz CT molecular complexity index is 1980. The summed E-state index contributed by atoms with van der Waals surface area (Å²) in [5, 5.41) is 28.0. The van der Waals surface area contributed by atoms with Crippen LogP contribution in [0.25, 0.3) is 0 Å². The van der Waals surface area contributed by atoms with Crippen LogP contribution in [-0.4, -0.2) is 70.0 Å². The number of amides is 1. The van der Waals surface area contributed by atoms with Crippen LogP contribution in [0.4, 0.5) is 0 Å². The second-order valence-electron chi connectivity index (χ2n) is 16.6. The van der Waals surface area contributed by atoms with Crippen LogP contribution in [0.5, 0.6) is 0 Å². The van der Waals surface area contributed by atoms with Gasteiger partial charge in [0.05, 0.1) is 17.7 Å².